The van der Waals surface area contributed by atoms with Crippen LogP contribution < -0.4 is 11.1 Å². The van der Waals surface area contributed by atoms with Gasteiger partial charge in [-0.1, -0.05) is 6.07 Å². The van der Waals surface area contributed by atoms with Gasteiger partial charge in [0.05, 0.1) is 23.5 Å². The number of hydrogen-bond acceptors (Lipinski definition) is 5. The third-order valence-electron chi connectivity index (χ3n) is 3.90. The quantitative estimate of drug-likeness (QED) is 0.643. The molecule has 0 saturated carbocycles. The van der Waals surface area contributed by atoms with Crippen LogP contribution in [-0.2, 0) is 4.74 Å². The second-order valence-corrected chi connectivity index (χ2v) is 5.64. The van der Waals surface area contributed by atoms with E-state index in [0.717, 1.165) is 18.8 Å². The third kappa shape index (κ3) is 4.11. The molecule has 116 valence electrons. The lowest BCUT2D eigenvalue weighted by Gasteiger charge is -2.30. The van der Waals surface area contributed by atoms with Crippen molar-refractivity contribution in [2.75, 3.05) is 44.3 Å². The van der Waals surface area contributed by atoms with E-state index in [2.05, 4.69) is 17.3 Å². The highest BCUT2D eigenvalue weighted by Gasteiger charge is 2.18. The lowest BCUT2D eigenvalue weighted by Crippen LogP contribution is -2.35. The molecule has 0 bridgehead atoms. The molecular weight excluding hydrogens is 266 g/mol. The molecule has 5 heteroatoms. The number of hydrogen-bond donors (Lipinski definition) is 2. The van der Waals surface area contributed by atoms with E-state index in [4.69, 9.17) is 10.5 Å². The van der Waals surface area contributed by atoms with E-state index < -0.39 is 0 Å². The summed E-state index contributed by atoms with van der Waals surface area (Å²) in [5.74, 6) is 0.255. The summed E-state index contributed by atoms with van der Waals surface area (Å²) in [7, 11) is 2.15. The minimum atomic E-state index is -0.365. The Morgan fingerprint density at radius 3 is 3.05 bits per heavy atom. The second-order valence-electron chi connectivity index (χ2n) is 5.64. The van der Waals surface area contributed by atoms with Crippen molar-refractivity contribution in [3.63, 3.8) is 0 Å². The molecule has 1 aliphatic heterocycles. The summed E-state index contributed by atoms with van der Waals surface area (Å²) in [6.07, 6.45) is 2.47. The van der Waals surface area contributed by atoms with Crippen molar-refractivity contribution in [2.45, 2.75) is 19.8 Å². The largest absolute Gasteiger partial charge is 0.462 e. The molecule has 1 aromatic carbocycles. The molecule has 1 fully saturated rings. The maximum absolute atomic E-state index is 11.8. The second kappa shape index (κ2) is 7.31. The molecule has 1 aliphatic rings. The predicted molar refractivity (Wildman–Crippen MR) is 85.5 cm³/mol. The molecule has 5 nitrogen and oxygen atoms in total. The van der Waals surface area contributed by atoms with Crippen molar-refractivity contribution in [2.24, 2.45) is 5.92 Å². The van der Waals surface area contributed by atoms with Crippen LogP contribution in [0.1, 0.15) is 30.1 Å². The number of nitrogens with two attached hydrogens (primary N) is 1. The lowest BCUT2D eigenvalue weighted by atomic mass is 9.98. The Hall–Kier alpha value is -1.75. The average Bonchev–Trinajstić information content (AvgIpc) is 2.46. The standard InChI is InChI=1S/C16H25N3O2/c1-3-21-16(20)13-7-4-8-14(15(13)17)18-10-12-6-5-9-19(2)11-12/h4,7-8,12,18H,3,5-6,9-11,17H2,1-2H3. The fourth-order valence-electron chi connectivity index (χ4n) is 2.80. The van der Waals surface area contributed by atoms with E-state index in [1.807, 2.05) is 12.1 Å². The van der Waals surface area contributed by atoms with Gasteiger partial charge < -0.3 is 20.7 Å². The molecule has 0 aromatic heterocycles. The van der Waals surface area contributed by atoms with Gasteiger partial charge in [0, 0.05) is 13.1 Å². The van der Waals surface area contributed by atoms with Crippen molar-refractivity contribution in [1.82, 2.24) is 4.90 Å². The van der Waals surface area contributed by atoms with E-state index in [1.54, 1.807) is 13.0 Å². The monoisotopic (exact) mass is 291 g/mol. The Bertz CT molecular complexity index is 490. The van der Waals surface area contributed by atoms with Gasteiger partial charge in [0.1, 0.15) is 0 Å². The first-order valence-corrected chi connectivity index (χ1v) is 7.59. The summed E-state index contributed by atoms with van der Waals surface area (Å²) in [4.78, 5) is 14.2. The summed E-state index contributed by atoms with van der Waals surface area (Å²) >= 11 is 0. The van der Waals surface area contributed by atoms with Crippen LogP contribution in [0.25, 0.3) is 0 Å². The normalized spacial score (nSPS) is 19.2. The van der Waals surface area contributed by atoms with Gasteiger partial charge in [-0.25, -0.2) is 4.79 Å². The first kappa shape index (κ1) is 15.6. The van der Waals surface area contributed by atoms with Gasteiger partial charge in [-0.2, -0.15) is 0 Å². The minimum absolute atomic E-state index is 0.352. The van der Waals surface area contributed by atoms with Crippen LogP contribution in [0.2, 0.25) is 0 Å². The summed E-state index contributed by atoms with van der Waals surface area (Å²) in [6.45, 7) is 5.29. The molecular formula is C16H25N3O2. The van der Waals surface area contributed by atoms with Gasteiger partial charge in [-0.15, -0.1) is 0 Å². The highest BCUT2D eigenvalue weighted by atomic mass is 16.5. The number of piperidine rings is 1. The van der Waals surface area contributed by atoms with Crippen LogP contribution in [0.3, 0.4) is 0 Å². The van der Waals surface area contributed by atoms with Crippen molar-refractivity contribution in [3.8, 4) is 0 Å². The number of para-hydroxylation sites is 1. The number of nitrogens with one attached hydrogen (secondary N) is 1. The van der Waals surface area contributed by atoms with Gasteiger partial charge in [-0.05, 0) is 51.4 Å². The van der Waals surface area contributed by atoms with Crippen molar-refractivity contribution in [3.05, 3.63) is 23.8 Å². The number of carbonyl (C=O) groups excluding carboxylic acids is 1. The zero-order valence-electron chi connectivity index (χ0n) is 12.9. The summed E-state index contributed by atoms with van der Waals surface area (Å²) in [6, 6.07) is 5.44. The highest BCUT2D eigenvalue weighted by Crippen LogP contribution is 2.24. The van der Waals surface area contributed by atoms with Crippen LogP contribution in [-0.4, -0.2) is 44.2 Å². The zero-order chi connectivity index (χ0) is 15.2. The Morgan fingerprint density at radius 1 is 1.52 bits per heavy atom. The fraction of sp³-hybridized carbons (Fsp3) is 0.562. The maximum atomic E-state index is 11.8. The minimum Gasteiger partial charge on any atom is -0.462 e. The maximum Gasteiger partial charge on any atom is 0.340 e. The number of nitrogens with zero attached hydrogens (tertiary/aromatic N) is 1. The summed E-state index contributed by atoms with van der Waals surface area (Å²) < 4.78 is 5.02. The summed E-state index contributed by atoms with van der Waals surface area (Å²) in [5, 5.41) is 3.38. The van der Waals surface area contributed by atoms with Crippen LogP contribution in [0.5, 0.6) is 0 Å². The van der Waals surface area contributed by atoms with Crippen LogP contribution in [0.4, 0.5) is 11.4 Å². The Balaban J connectivity index is 2.00. The average molecular weight is 291 g/mol. The highest BCUT2D eigenvalue weighted by molar-refractivity contribution is 5.98. The third-order valence-corrected chi connectivity index (χ3v) is 3.90. The molecule has 0 amide bonds. The number of esters is 1. The van der Waals surface area contributed by atoms with E-state index >= 15 is 0 Å². The number of benzene rings is 1. The number of likely N-dealkylation sites (tertiary alicyclic amines) is 1. The van der Waals surface area contributed by atoms with E-state index in [-0.39, 0.29) is 5.97 Å². The van der Waals surface area contributed by atoms with E-state index in [0.29, 0.717) is 23.8 Å². The molecule has 0 radical (unpaired) electrons. The molecule has 0 aliphatic carbocycles. The number of ether oxygens (including phenoxy) is 1. The van der Waals surface area contributed by atoms with Gasteiger partial charge in [-0.3, -0.25) is 0 Å². The van der Waals surface area contributed by atoms with Gasteiger partial charge >= 0.3 is 5.97 Å². The predicted octanol–water partition coefficient (Wildman–Crippen LogP) is 2.20. The smallest absolute Gasteiger partial charge is 0.340 e. The fourth-order valence-corrected chi connectivity index (χ4v) is 2.80. The molecule has 21 heavy (non-hydrogen) atoms. The Morgan fingerprint density at radius 2 is 2.33 bits per heavy atom. The van der Waals surface area contributed by atoms with Crippen LogP contribution >= 0.6 is 0 Å². The van der Waals surface area contributed by atoms with Gasteiger partial charge in [0.25, 0.3) is 0 Å². The Kier molecular flexibility index (Phi) is 5.44. The summed E-state index contributed by atoms with van der Waals surface area (Å²) in [5.41, 5.74) is 7.80. The molecule has 2 rings (SSSR count). The van der Waals surface area contributed by atoms with Gasteiger partial charge in [0.2, 0.25) is 0 Å². The van der Waals surface area contributed by atoms with Crippen molar-refractivity contribution < 1.29 is 9.53 Å². The lowest BCUT2D eigenvalue weighted by molar-refractivity contribution is 0.0527. The zero-order valence-corrected chi connectivity index (χ0v) is 12.9. The van der Waals surface area contributed by atoms with Crippen LogP contribution in [0, 0.1) is 5.92 Å². The molecule has 0 spiro atoms. The molecule has 3 N–H and O–H groups in total. The number of rotatable bonds is 5. The number of nitrogen functional groups attached to an aromatic ring is 1. The van der Waals surface area contributed by atoms with Gasteiger partial charge in [0.15, 0.2) is 0 Å². The van der Waals surface area contributed by atoms with Crippen molar-refractivity contribution >= 4 is 17.3 Å². The topological polar surface area (TPSA) is 67.6 Å². The SMILES string of the molecule is CCOC(=O)c1cccc(NCC2CCCN(C)C2)c1N. The molecule has 1 saturated heterocycles. The first-order chi connectivity index (χ1) is 10.1. The Labute approximate surface area is 126 Å². The number of anilines is 2. The molecule has 1 atom stereocenters. The molecule has 1 unspecified atom stereocenters. The van der Waals surface area contributed by atoms with E-state index in [9.17, 15) is 4.79 Å². The van der Waals surface area contributed by atoms with E-state index in [1.165, 1.54) is 19.4 Å². The number of carbonyl (C=O) groups is 1. The van der Waals surface area contributed by atoms with Crippen molar-refractivity contribution in [1.29, 1.82) is 0 Å². The molecule has 1 heterocycles. The molecule has 1 aromatic rings. The van der Waals surface area contributed by atoms with Crippen LogP contribution in [0.15, 0.2) is 18.2 Å². The first-order valence-electron chi connectivity index (χ1n) is 7.59.